The van der Waals surface area contributed by atoms with Crippen molar-refractivity contribution < 1.29 is 5.11 Å². The Balaban J connectivity index is 2.06. The molecule has 0 radical (unpaired) electrons. The molecule has 0 spiro atoms. The molecule has 2 rings (SSSR count). The van der Waals surface area contributed by atoms with Gasteiger partial charge in [-0.2, -0.15) is 0 Å². The van der Waals surface area contributed by atoms with Crippen molar-refractivity contribution in [3.8, 4) is 0 Å². The minimum atomic E-state index is -0.132. The van der Waals surface area contributed by atoms with E-state index < -0.39 is 0 Å². The maximum atomic E-state index is 9.60. The SMILES string of the molecule is Cc1csc(N2CCC(O)C(C)C2)n1. The lowest BCUT2D eigenvalue weighted by molar-refractivity contribution is 0.0971. The molecular formula is C10H16N2OS. The molecule has 0 amide bonds. The number of thiazole rings is 1. The fourth-order valence-corrected chi connectivity index (χ4v) is 2.63. The Hall–Kier alpha value is -0.610. The lowest BCUT2D eigenvalue weighted by Gasteiger charge is -2.34. The summed E-state index contributed by atoms with van der Waals surface area (Å²) in [7, 11) is 0. The molecule has 1 fully saturated rings. The van der Waals surface area contributed by atoms with Crippen LogP contribution in [0.15, 0.2) is 5.38 Å². The Labute approximate surface area is 88.4 Å². The van der Waals surface area contributed by atoms with Gasteiger partial charge in [0.2, 0.25) is 0 Å². The molecule has 1 N–H and O–H groups in total. The van der Waals surface area contributed by atoms with Crippen LogP contribution in [0.1, 0.15) is 19.0 Å². The van der Waals surface area contributed by atoms with E-state index in [2.05, 4.69) is 22.2 Å². The number of hydrogen-bond donors (Lipinski definition) is 1. The highest BCUT2D eigenvalue weighted by molar-refractivity contribution is 7.13. The predicted octanol–water partition coefficient (Wildman–Crippen LogP) is 1.66. The third kappa shape index (κ3) is 1.91. The van der Waals surface area contributed by atoms with E-state index in [4.69, 9.17) is 0 Å². The van der Waals surface area contributed by atoms with Crippen LogP contribution in [0.2, 0.25) is 0 Å². The number of piperidine rings is 1. The molecular weight excluding hydrogens is 196 g/mol. The van der Waals surface area contributed by atoms with Gasteiger partial charge in [-0.15, -0.1) is 11.3 Å². The van der Waals surface area contributed by atoms with Crippen LogP contribution in [0.4, 0.5) is 5.13 Å². The Bertz CT molecular complexity index is 313. The molecule has 78 valence electrons. The molecule has 2 atom stereocenters. The molecule has 1 saturated heterocycles. The van der Waals surface area contributed by atoms with Gasteiger partial charge in [-0.05, 0) is 19.3 Å². The molecule has 0 aliphatic carbocycles. The van der Waals surface area contributed by atoms with E-state index in [1.165, 1.54) is 0 Å². The van der Waals surface area contributed by atoms with Gasteiger partial charge in [0, 0.05) is 18.5 Å². The average molecular weight is 212 g/mol. The average Bonchev–Trinajstić information content (AvgIpc) is 2.57. The van der Waals surface area contributed by atoms with Gasteiger partial charge in [-0.3, -0.25) is 0 Å². The van der Waals surface area contributed by atoms with Gasteiger partial charge >= 0.3 is 0 Å². The highest BCUT2D eigenvalue weighted by Gasteiger charge is 2.25. The maximum Gasteiger partial charge on any atom is 0.185 e. The van der Waals surface area contributed by atoms with E-state index in [0.29, 0.717) is 5.92 Å². The van der Waals surface area contributed by atoms with Crippen molar-refractivity contribution in [2.45, 2.75) is 26.4 Å². The Morgan fingerprint density at radius 1 is 1.64 bits per heavy atom. The summed E-state index contributed by atoms with van der Waals surface area (Å²) in [5.74, 6) is 0.355. The van der Waals surface area contributed by atoms with Crippen LogP contribution in [0.3, 0.4) is 0 Å². The molecule has 1 aromatic heterocycles. The zero-order valence-corrected chi connectivity index (χ0v) is 9.42. The highest BCUT2D eigenvalue weighted by Crippen LogP contribution is 2.25. The zero-order chi connectivity index (χ0) is 10.1. The number of aliphatic hydroxyl groups is 1. The normalized spacial score (nSPS) is 28.1. The molecule has 0 bridgehead atoms. The largest absolute Gasteiger partial charge is 0.393 e. The first-order valence-corrected chi connectivity index (χ1v) is 5.90. The van der Waals surface area contributed by atoms with Gasteiger partial charge in [-0.1, -0.05) is 6.92 Å². The van der Waals surface area contributed by atoms with E-state index >= 15 is 0 Å². The number of aliphatic hydroxyl groups excluding tert-OH is 1. The third-order valence-electron chi connectivity index (χ3n) is 2.74. The topological polar surface area (TPSA) is 36.4 Å². The maximum absolute atomic E-state index is 9.60. The molecule has 0 aromatic carbocycles. The van der Waals surface area contributed by atoms with Crippen molar-refractivity contribution in [3.05, 3.63) is 11.1 Å². The number of hydrogen-bond acceptors (Lipinski definition) is 4. The number of rotatable bonds is 1. The van der Waals surface area contributed by atoms with Crippen LogP contribution in [0.5, 0.6) is 0 Å². The molecule has 1 aliphatic heterocycles. The number of nitrogens with zero attached hydrogens (tertiary/aromatic N) is 2. The van der Waals surface area contributed by atoms with Crippen LogP contribution < -0.4 is 4.90 Å². The first-order chi connectivity index (χ1) is 6.66. The van der Waals surface area contributed by atoms with E-state index in [1.54, 1.807) is 11.3 Å². The van der Waals surface area contributed by atoms with Crippen molar-refractivity contribution in [2.24, 2.45) is 5.92 Å². The standard InChI is InChI=1S/C10H16N2OS/c1-7-5-12(4-3-9(7)13)10-11-8(2)6-14-10/h6-7,9,13H,3-5H2,1-2H3. The Morgan fingerprint density at radius 2 is 2.43 bits per heavy atom. The van der Waals surface area contributed by atoms with Gasteiger partial charge in [0.15, 0.2) is 5.13 Å². The minimum absolute atomic E-state index is 0.132. The summed E-state index contributed by atoms with van der Waals surface area (Å²) < 4.78 is 0. The van der Waals surface area contributed by atoms with E-state index in [-0.39, 0.29) is 6.10 Å². The molecule has 2 heterocycles. The van der Waals surface area contributed by atoms with Crippen molar-refractivity contribution >= 4 is 16.5 Å². The van der Waals surface area contributed by atoms with Crippen LogP contribution >= 0.6 is 11.3 Å². The van der Waals surface area contributed by atoms with Crippen molar-refractivity contribution in [2.75, 3.05) is 18.0 Å². The van der Waals surface area contributed by atoms with E-state index in [9.17, 15) is 5.11 Å². The van der Waals surface area contributed by atoms with Crippen LogP contribution in [-0.2, 0) is 0 Å². The summed E-state index contributed by atoms with van der Waals surface area (Å²) in [6.45, 7) is 5.96. The highest BCUT2D eigenvalue weighted by atomic mass is 32.1. The fraction of sp³-hybridized carbons (Fsp3) is 0.700. The van der Waals surface area contributed by atoms with Crippen molar-refractivity contribution in [1.29, 1.82) is 0 Å². The van der Waals surface area contributed by atoms with Gasteiger partial charge in [0.25, 0.3) is 0 Å². The second kappa shape index (κ2) is 3.87. The molecule has 3 nitrogen and oxygen atoms in total. The number of aromatic nitrogens is 1. The van der Waals surface area contributed by atoms with Crippen LogP contribution in [0, 0.1) is 12.8 Å². The Morgan fingerprint density at radius 3 is 3.00 bits per heavy atom. The van der Waals surface area contributed by atoms with Gasteiger partial charge in [-0.25, -0.2) is 4.98 Å². The quantitative estimate of drug-likeness (QED) is 0.769. The number of anilines is 1. The summed E-state index contributed by atoms with van der Waals surface area (Å²) in [6, 6.07) is 0. The fourth-order valence-electron chi connectivity index (χ4n) is 1.79. The minimum Gasteiger partial charge on any atom is -0.393 e. The molecule has 1 aromatic rings. The molecule has 14 heavy (non-hydrogen) atoms. The summed E-state index contributed by atoms with van der Waals surface area (Å²) in [5.41, 5.74) is 1.09. The first-order valence-electron chi connectivity index (χ1n) is 5.02. The van der Waals surface area contributed by atoms with E-state index in [0.717, 1.165) is 30.3 Å². The second-order valence-corrected chi connectivity index (χ2v) is 4.89. The molecule has 2 unspecified atom stereocenters. The lowest BCUT2D eigenvalue weighted by atomic mass is 9.97. The number of aryl methyl sites for hydroxylation is 1. The van der Waals surface area contributed by atoms with E-state index in [1.807, 2.05) is 6.92 Å². The van der Waals surface area contributed by atoms with Crippen molar-refractivity contribution in [3.63, 3.8) is 0 Å². The summed E-state index contributed by atoms with van der Waals surface area (Å²) in [5, 5.41) is 12.8. The van der Waals surface area contributed by atoms with Gasteiger partial charge in [0.1, 0.15) is 0 Å². The molecule has 0 saturated carbocycles. The summed E-state index contributed by atoms with van der Waals surface area (Å²) in [4.78, 5) is 6.73. The summed E-state index contributed by atoms with van der Waals surface area (Å²) >= 11 is 1.69. The molecule has 4 heteroatoms. The van der Waals surface area contributed by atoms with Crippen LogP contribution in [0.25, 0.3) is 0 Å². The second-order valence-electron chi connectivity index (χ2n) is 4.05. The third-order valence-corrected chi connectivity index (χ3v) is 3.76. The Kier molecular flexibility index (Phi) is 2.74. The van der Waals surface area contributed by atoms with Gasteiger partial charge in [0.05, 0.1) is 11.8 Å². The first kappa shape index (κ1) is 9.93. The molecule has 1 aliphatic rings. The monoisotopic (exact) mass is 212 g/mol. The van der Waals surface area contributed by atoms with Crippen molar-refractivity contribution in [1.82, 2.24) is 4.98 Å². The lowest BCUT2D eigenvalue weighted by Crippen LogP contribution is -2.41. The smallest absolute Gasteiger partial charge is 0.185 e. The van der Waals surface area contributed by atoms with Crippen LogP contribution in [-0.4, -0.2) is 29.3 Å². The summed E-state index contributed by atoms with van der Waals surface area (Å²) in [6.07, 6.45) is 0.729. The predicted molar refractivity (Wildman–Crippen MR) is 58.9 cm³/mol. The zero-order valence-electron chi connectivity index (χ0n) is 8.60. The van der Waals surface area contributed by atoms with Gasteiger partial charge < -0.3 is 10.0 Å².